The van der Waals surface area contributed by atoms with Gasteiger partial charge < -0.3 is 10.3 Å². The second-order valence-corrected chi connectivity index (χ2v) is 6.80. The Morgan fingerprint density at radius 3 is 2.88 bits per heavy atom. The molecule has 0 spiro atoms. The number of hydrogen-bond donors (Lipinski definition) is 2. The lowest BCUT2D eigenvalue weighted by atomic mass is 10.1. The summed E-state index contributed by atoms with van der Waals surface area (Å²) in [5.41, 5.74) is 2.06. The molecule has 130 valence electrons. The second-order valence-electron chi connectivity index (χ2n) is 6.80. The zero-order valence-electron chi connectivity index (χ0n) is 14.6. The van der Waals surface area contributed by atoms with E-state index in [9.17, 15) is 4.79 Å². The molecule has 1 amide bonds. The van der Waals surface area contributed by atoms with Crippen LogP contribution in [-0.2, 0) is 11.2 Å². The molecule has 24 heavy (non-hydrogen) atoms. The van der Waals surface area contributed by atoms with Gasteiger partial charge in [0.1, 0.15) is 5.82 Å². The van der Waals surface area contributed by atoms with E-state index >= 15 is 0 Å². The molecule has 1 aromatic carbocycles. The Balaban J connectivity index is 1.36. The smallest absolute Gasteiger partial charge is 0.220 e. The molecule has 5 nitrogen and oxygen atoms in total. The molecule has 0 radical (unpaired) electrons. The number of carbonyl (C=O) groups excluding carboxylic acids is 1. The molecule has 1 fully saturated rings. The van der Waals surface area contributed by atoms with Gasteiger partial charge in [0, 0.05) is 25.4 Å². The van der Waals surface area contributed by atoms with Crippen molar-refractivity contribution in [2.75, 3.05) is 19.6 Å². The van der Waals surface area contributed by atoms with Crippen molar-refractivity contribution < 1.29 is 4.79 Å². The minimum absolute atomic E-state index is 0.148. The van der Waals surface area contributed by atoms with Gasteiger partial charge in [-0.05, 0) is 51.4 Å². The number of amides is 1. The molecule has 1 atom stereocenters. The summed E-state index contributed by atoms with van der Waals surface area (Å²) in [6.07, 6.45) is 6.11. The van der Waals surface area contributed by atoms with Gasteiger partial charge in [-0.15, -0.1) is 0 Å². The normalized spacial score (nSPS) is 17.0. The molecule has 1 aromatic heterocycles. The Morgan fingerprint density at radius 2 is 2.08 bits per heavy atom. The standard InChI is InChI=1S/C19H28N4O/c1-15(23-12-5-2-6-13-23)14-20-19(24)11-7-10-18-21-16-8-3-4-9-17(16)22-18/h3-4,8-9,15H,2,5-7,10-14H2,1H3,(H,20,24)(H,21,22)/t15-/m0/s1. The van der Waals surface area contributed by atoms with Gasteiger partial charge in [-0.3, -0.25) is 9.69 Å². The number of hydrogen-bond acceptors (Lipinski definition) is 3. The van der Waals surface area contributed by atoms with Crippen molar-refractivity contribution in [3.8, 4) is 0 Å². The molecule has 3 rings (SSSR count). The average Bonchev–Trinajstić information content (AvgIpc) is 3.03. The quantitative estimate of drug-likeness (QED) is 0.821. The zero-order valence-corrected chi connectivity index (χ0v) is 14.6. The molecular weight excluding hydrogens is 300 g/mol. The first-order chi connectivity index (χ1) is 11.7. The third kappa shape index (κ3) is 4.57. The second kappa shape index (κ2) is 8.29. The van der Waals surface area contributed by atoms with Crippen LogP contribution in [0.25, 0.3) is 11.0 Å². The summed E-state index contributed by atoms with van der Waals surface area (Å²) in [4.78, 5) is 22.4. The van der Waals surface area contributed by atoms with E-state index in [2.05, 4.69) is 27.1 Å². The van der Waals surface area contributed by atoms with Crippen molar-refractivity contribution in [1.29, 1.82) is 0 Å². The van der Waals surface area contributed by atoms with Crippen molar-refractivity contribution >= 4 is 16.9 Å². The molecule has 0 aliphatic carbocycles. The number of likely N-dealkylation sites (tertiary alicyclic amines) is 1. The Labute approximate surface area is 143 Å². The van der Waals surface area contributed by atoms with Crippen molar-refractivity contribution in [3.05, 3.63) is 30.1 Å². The predicted molar refractivity (Wildman–Crippen MR) is 96.9 cm³/mol. The summed E-state index contributed by atoms with van der Waals surface area (Å²) >= 11 is 0. The number of piperidine rings is 1. The molecule has 2 N–H and O–H groups in total. The number of nitrogens with one attached hydrogen (secondary N) is 2. The third-order valence-corrected chi connectivity index (χ3v) is 4.86. The first kappa shape index (κ1) is 17.0. The fraction of sp³-hybridized carbons (Fsp3) is 0.579. The Kier molecular flexibility index (Phi) is 5.86. The van der Waals surface area contributed by atoms with Crippen LogP contribution < -0.4 is 5.32 Å². The van der Waals surface area contributed by atoms with E-state index < -0.39 is 0 Å². The minimum Gasteiger partial charge on any atom is -0.355 e. The van der Waals surface area contributed by atoms with E-state index in [1.165, 1.54) is 32.4 Å². The summed E-state index contributed by atoms with van der Waals surface area (Å²) in [7, 11) is 0. The number of aromatic nitrogens is 2. The number of rotatable bonds is 7. The van der Waals surface area contributed by atoms with Crippen molar-refractivity contribution in [2.24, 2.45) is 0 Å². The van der Waals surface area contributed by atoms with Gasteiger partial charge in [0.25, 0.3) is 0 Å². The van der Waals surface area contributed by atoms with Gasteiger partial charge >= 0.3 is 0 Å². The SMILES string of the molecule is C[C@@H](CNC(=O)CCCc1nc2ccccc2[nH]1)N1CCCCC1. The largest absolute Gasteiger partial charge is 0.355 e. The Morgan fingerprint density at radius 1 is 1.29 bits per heavy atom. The third-order valence-electron chi connectivity index (χ3n) is 4.86. The lowest BCUT2D eigenvalue weighted by Gasteiger charge is -2.32. The lowest BCUT2D eigenvalue weighted by Crippen LogP contribution is -2.44. The fourth-order valence-corrected chi connectivity index (χ4v) is 3.38. The minimum atomic E-state index is 0.148. The van der Waals surface area contributed by atoms with E-state index in [1.807, 2.05) is 24.3 Å². The van der Waals surface area contributed by atoms with Gasteiger partial charge in [0.2, 0.25) is 5.91 Å². The highest BCUT2D eigenvalue weighted by molar-refractivity contribution is 5.76. The van der Waals surface area contributed by atoms with Crippen LogP contribution in [0.3, 0.4) is 0 Å². The summed E-state index contributed by atoms with van der Waals surface area (Å²) in [5, 5.41) is 3.08. The number of imidazole rings is 1. The van der Waals surface area contributed by atoms with E-state index in [-0.39, 0.29) is 5.91 Å². The fourth-order valence-electron chi connectivity index (χ4n) is 3.38. The number of H-pyrrole nitrogens is 1. The highest BCUT2D eigenvalue weighted by Gasteiger charge is 2.17. The van der Waals surface area contributed by atoms with E-state index in [4.69, 9.17) is 0 Å². The van der Waals surface area contributed by atoms with Gasteiger partial charge in [0.15, 0.2) is 0 Å². The summed E-state index contributed by atoms with van der Waals surface area (Å²) in [6, 6.07) is 8.46. The van der Waals surface area contributed by atoms with Crippen molar-refractivity contribution in [1.82, 2.24) is 20.2 Å². The summed E-state index contributed by atoms with van der Waals surface area (Å²) < 4.78 is 0. The van der Waals surface area contributed by atoms with E-state index in [0.717, 1.165) is 36.2 Å². The average molecular weight is 328 g/mol. The molecule has 0 saturated carbocycles. The van der Waals surface area contributed by atoms with Crippen LogP contribution in [0.2, 0.25) is 0 Å². The summed E-state index contributed by atoms with van der Waals surface area (Å²) in [5.74, 6) is 1.11. The maximum absolute atomic E-state index is 12.0. The van der Waals surface area contributed by atoms with Crippen LogP contribution in [0, 0.1) is 0 Å². The summed E-state index contributed by atoms with van der Waals surface area (Å²) in [6.45, 7) is 5.30. The maximum atomic E-state index is 12.0. The highest BCUT2D eigenvalue weighted by atomic mass is 16.1. The number of para-hydroxylation sites is 2. The van der Waals surface area contributed by atoms with Gasteiger partial charge in [-0.1, -0.05) is 18.6 Å². The number of benzene rings is 1. The molecule has 1 saturated heterocycles. The predicted octanol–water partition coefficient (Wildman–Crippen LogP) is 2.88. The highest BCUT2D eigenvalue weighted by Crippen LogP contribution is 2.13. The van der Waals surface area contributed by atoms with Crippen molar-refractivity contribution in [2.45, 2.75) is 51.5 Å². The van der Waals surface area contributed by atoms with Crippen LogP contribution in [0.15, 0.2) is 24.3 Å². The van der Waals surface area contributed by atoms with Crippen LogP contribution in [-0.4, -0.2) is 46.5 Å². The van der Waals surface area contributed by atoms with Gasteiger partial charge in [0.05, 0.1) is 11.0 Å². The number of fused-ring (bicyclic) bond motifs is 1. The van der Waals surface area contributed by atoms with Gasteiger partial charge in [-0.2, -0.15) is 0 Å². The first-order valence-corrected chi connectivity index (χ1v) is 9.17. The number of aromatic amines is 1. The molecule has 0 unspecified atom stereocenters. The Hall–Kier alpha value is -1.88. The monoisotopic (exact) mass is 328 g/mol. The van der Waals surface area contributed by atoms with Gasteiger partial charge in [-0.25, -0.2) is 4.98 Å². The lowest BCUT2D eigenvalue weighted by molar-refractivity contribution is -0.121. The van der Waals surface area contributed by atoms with E-state index in [0.29, 0.717) is 12.5 Å². The molecule has 1 aliphatic rings. The van der Waals surface area contributed by atoms with Crippen LogP contribution in [0.4, 0.5) is 0 Å². The van der Waals surface area contributed by atoms with Crippen molar-refractivity contribution in [3.63, 3.8) is 0 Å². The molecule has 5 heteroatoms. The number of nitrogens with zero attached hydrogens (tertiary/aromatic N) is 2. The van der Waals surface area contributed by atoms with E-state index in [1.54, 1.807) is 0 Å². The molecular formula is C19H28N4O. The van der Waals surface area contributed by atoms with Crippen LogP contribution >= 0.6 is 0 Å². The maximum Gasteiger partial charge on any atom is 0.220 e. The Bertz CT molecular complexity index is 627. The first-order valence-electron chi connectivity index (χ1n) is 9.17. The topological polar surface area (TPSA) is 61.0 Å². The molecule has 2 heterocycles. The molecule has 0 bridgehead atoms. The van der Waals surface area contributed by atoms with Crippen LogP contribution in [0.5, 0.6) is 0 Å². The molecule has 1 aliphatic heterocycles. The zero-order chi connectivity index (χ0) is 16.8. The number of aryl methyl sites for hydroxylation is 1. The van der Waals surface area contributed by atoms with Crippen LogP contribution in [0.1, 0.15) is 44.9 Å². The number of carbonyl (C=O) groups is 1. The molecule has 2 aromatic rings.